The van der Waals surface area contributed by atoms with E-state index in [9.17, 15) is 9.90 Å². The van der Waals surface area contributed by atoms with E-state index in [1.807, 2.05) is 44.2 Å². The minimum Gasteiger partial charge on any atom is -0.497 e. The van der Waals surface area contributed by atoms with Gasteiger partial charge in [-0.25, -0.2) is 4.79 Å². The van der Waals surface area contributed by atoms with Crippen molar-refractivity contribution in [3.05, 3.63) is 72.5 Å². The highest BCUT2D eigenvalue weighted by Crippen LogP contribution is 2.09. The van der Waals surface area contributed by atoms with Gasteiger partial charge in [0.25, 0.3) is 0 Å². The van der Waals surface area contributed by atoms with Crippen LogP contribution in [0.2, 0.25) is 0 Å². The summed E-state index contributed by atoms with van der Waals surface area (Å²) in [6.45, 7) is 11.3. The number of rotatable bonds is 8. The third-order valence-corrected chi connectivity index (χ3v) is 2.82. The molecule has 4 heteroatoms. The number of carbonyl (C=O) groups is 1. The van der Waals surface area contributed by atoms with Crippen LogP contribution in [-0.2, 0) is 16.0 Å². The van der Waals surface area contributed by atoms with Gasteiger partial charge in [-0.2, -0.15) is 0 Å². The summed E-state index contributed by atoms with van der Waals surface area (Å²) in [5.74, 6) is -0.571. The molecule has 0 saturated heterocycles. The summed E-state index contributed by atoms with van der Waals surface area (Å²) in [5, 5.41) is 9.27. The zero-order chi connectivity index (χ0) is 17.7. The van der Waals surface area contributed by atoms with E-state index >= 15 is 0 Å². The van der Waals surface area contributed by atoms with Crippen molar-refractivity contribution >= 4 is 12.2 Å². The standard InChI is InChI=1S/C17H19NO3.C2H6/c1-4-8-15(13(2)21-3)12-18-16(17(19)20)11-14-9-6-5-7-10-14;1-2/h4-10,12,16H,1-2,11H2,3H3,(H,19,20);1-2H3/b15-8-,18-12?;. The van der Waals surface area contributed by atoms with Gasteiger partial charge in [-0.1, -0.05) is 69.5 Å². The molecule has 124 valence electrons. The van der Waals surface area contributed by atoms with Crippen molar-refractivity contribution in [1.29, 1.82) is 0 Å². The first kappa shape index (κ1) is 20.4. The Morgan fingerprint density at radius 2 is 1.96 bits per heavy atom. The largest absolute Gasteiger partial charge is 0.497 e. The van der Waals surface area contributed by atoms with Crippen LogP contribution >= 0.6 is 0 Å². The summed E-state index contributed by atoms with van der Waals surface area (Å²) < 4.78 is 5.03. The molecule has 0 aliphatic heterocycles. The second-order valence-corrected chi connectivity index (χ2v) is 4.31. The van der Waals surface area contributed by atoms with Gasteiger partial charge in [0, 0.05) is 18.2 Å². The van der Waals surface area contributed by atoms with Gasteiger partial charge in [-0.3, -0.25) is 4.99 Å². The van der Waals surface area contributed by atoms with E-state index in [1.165, 1.54) is 13.3 Å². The van der Waals surface area contributed by atoms with Gasteiger partial charge < -0.3 is 9.84 Å². The first-order valence-electron chi connectivity index (χ1n) is 7.44. The smallest absolute Gasteiger partial charge is 0.328 e. The van der Waals surface area contributed by atoms with Crippen molar-refractivity contribution in [1.82, 2.24) is 0 Å². The number of aliphatic carboxylic acids is 1. The summed E-state index contributed by atoms with van der Waals surface area (Å²) >= 11 is 0. The molecule has 0 bridgehead atoms. The normalized spacial score (nSPS) is 12.0. The molecule has 0 aliphatic carbocycles. The fourth-order valence-corrected chi connectivity index (χ4v) is 1.66. The zero-order valence-electron chi connectivity index (χ0n) is 14.0. The average Bonchev–Trinajstić information content (AvgIpc) is 2.59. The van der Waals surface area contributed by atoms with Gasteiger partial charge in [0.05, 0.1) is 7.11 Å². The van der Waals surface area contributed by atoms with Crippen LogP contribution in [0.3, 0.4) is 0 Å². The Bertz CT molecular complexity index is 559. The van der Waals surface area contributed by atoms with Crippen LogP contribution in [0.4, 0.5) is 0 Å². The molecule has 0 aromatic heterocycles. The van der Waals surface area contributed by atoms with E-state index in [-0.39, 0.29) is 0 Å². The summed E-state index contributed by atoms with van der Waals surface area (Å²) in [6, 6.07) is 8.52. The summed E-state index contributed by atoms with van der Waals surface area (Å²) in [4.78, 5) is 15.4. The molecule has 0 saturated carbocycles. The Balaban J connectivity index is 0.00000232. The Morgan fingerprint density at radius 1 is 1.35 bits per heavy atom. The molecule has 0 heterocycles. The number of ether oxygens (including phenoxy) is 1. The number of hydrogen-bond donors (Lipinski definition) is 1. The fraction of sp³-hybridized carbons (Fsp3) is 0.263. The highest BCUT2D eigenvalue weighted by atomic mass is 16.5. The van der Waals surface area contributed by atoms with Gasteiger partial charge >= 0.3 is 5.97 Å². The van der Waals surface area contributed by atoms with Gasteiger partial charge in [0.15, 0.2) is 6.04 Å². The first-order valence-corrected chi connectivity index (χ1v) is 7.44. The molecule has 0 radical (unpaired) electrons. The summed E-state index contributed by atoms with van der Waals surface area (Å²) in [6.07, 6.45) is 5.01. The predicted octanol–water partition coefficient (Wildman–Crippen LogP) is 4.05. The molecule has 1 rings (SSSR count). The maximum atomic E-state index is 11.3. The van der Waals surface area contributed by atoms with Crippen LogP contribution in [0.5, 0.6) is 0 Å². The molecule has 0 aliphatic rings. The summed E-state index contributed by atoms with van der Waals surface area (Å²) in [7, 11) is 1.49. The first-order chi connectivity index (χ1) is 11.1. The topological polar surface area (TPSA) is 58.9 Å². The van der Waals surface area contributed by atoms with Gasteiger partial charge in [-0.05, 0) is 5.56 Å². The number of methoxy groups -OCH3 is 1. The Morgan fingerprint density at radius 3 is 2.43 bits per heavy atom. The summed E-state index contributed by atoms with van der Waals surface area (Å²) in [5.41, 5.74) is 1.51. The molecule has 0 spiro atoms. The van der Waals surface area contributed by atoms with Crippen molar-refractivity contribution in [3.8, 4) is 0 Å². The Hall–Kier alpha value is -2.62. The lowest BCUT2D eigenvalue weighted by Crippen LogP contribution is -2.21. The molecule has 4 nitrogen and oxygen atoms in total. The molecule has 0 fully saturated rings. The maximum absolute atomic E-state index is 11.3. The minimum atomic E-state index is -0.976. The number of carboxylic acid groups (broad SMARTS) is 1. The van der Waals surface area contributed by atoms with E-state index in [1.54, 1.807) is 12.2 Å². The van der Waals surface area contributed by atoms with E-state index in [0.29, 0.717) is 17.8 Å². The van der Waals surface area contributed by atoms with Crippen molar-refractivity contribution < 1.29 is 14.6 Å². The van der Waals surface area contributed by atoms with E-state index in [4.69, 9.17) is 4.74 Å². The van der Waals surface area contributed by atoms with Crippen LogP contribution in [0.15, 0.2) is 72.0 Å². The lowest BCUT2D eigenvalue weighted by molar-refractivity contribution is -0.138. The van der Waals surface area contributed by atoms with Crippen molar-refractivity contribution in [2.75, 3.05) is 7.11 Å². The van der Waals surface area contributed by atoms with E-state index in [0.717, 1.165) is 5.56 Å². The van der Waals surface area contributed by atoms with Crippen molar-refractivity contribution in [2.24, 2.45) is 4.99 Å². The van der Waals surface area contributed by atoms with Crippen molar-refractivity contribution in [2.45, 2.75) is 26.3 Å². The van der Waals surface area contributed by atoms with Crippen LogP contribution < -0.4 is 0 Å². The number of hydrogen-bond acceptors (Lipinski definition) is 3. The number of benzene rings is 1. The van der Waals surface area contributed by atoms with Gasteiger partial charge in [0.2, 0.25) is 0 Å². The molecule has 23 heavy (non-hydrogen) atoms. The molecular formula is C19H25NO3. The molecule has 1 aromatic rings. The zero-order valence-corrected chi connectivity index (χ0v) is 14.0. The number of aliphatic imine (C=N–C) groups is 1. The highest BCUT2D eigenvalue weighted by molar-refractivity contribution is 5.86. The number of allylic oxidation sites excluding steroid dienone is 3. The molecule has 1 unspecified atom stereocenters. The lowest BCUT2D eigenvalue weighted by Gasteiger charge is -2.09. The van der Waals surface area contributed by atoms with E-state index in [2.05, 4.69) is 18.2 Å². The van der Waals surface area contributed by atoms with Crippen LogP contribution in [0, 0.1) is 0 Å². The Kier molecular flexibility index (Phi) is 10.6. The van der Waals surface area contributed by atoms with Crippen LogP contribution in [-0.4, -0.2) is 30.4 Å². The van der Waals surface area contributed by atoms with Crippen LogP contribution in [0.1, 0.15) is 19.4 Å². The third-order valence-electron chi connectivity index (χ3n) is 2.82. The van der Waals surface area contributed by atoms with Gasteiger partial charge in [0.1, 0.15) is 5.76 Å². The average molecular weight is 315 g/mol. The highest BCUT2D eigenvalue weighted by Gasteiger charge is 2.16. The molecular weight excluding hydrogens is 290 g/mol. The molecule has 1 aromatic carbocycles. The minimum absolute atomic E-state index is 0.327. The second kappa shape index (κ2) is 12.0. The lowest BCUT2D eigenvalue weighted by atomic mass is 10.1. The molecule has 1 N–H and O–H groups in total. The monoisotopic (exact) mass is 315 g/mol. The third kappa shape index (κ3) is 7.81. The Labute approximate surface area is 138 Å². The molecule has 1 atom stereocenters. The van der Waals surface area contributed by atoms with Gasteiger partial charge in [-0.15, -0.1) is 0 Å². The quantitative estimate of drug-likeness (QED) is 0.447. The maximum Gasteiger partial charge on any atom is 0.328 e. The van der Waals surface area contributed by atoms with E-state index < -0.39 is 12.0 Å². The number of nitrogens with zero attached hydrogens (tertiary/aromatic N) is 1. The second-order valence-electron chi connectivity index (χ2n) is 4.31. The number of carboxylic acids is 1. The SMILES string of the molecule is C=C/C=C(/C=NC(Cc1ccccc1)C(=O)O)C(=C)OC.CC. The van der Waals surface area contributed by atoms with Crippen LogP contribution in [0.25, 0.3) is 0 Å². The predicted molar refractivity (Wildman–Crippen MR) is 95.8 cm³/mol. The molecule has 0 amide bonds. The van der Waals surface area contributed by atoms with Crippen molar-refractivity contribution in [3.63, 3.8) is 0 Å². The fourth-order valence-electron chi connectivity index (χ4n) is 1.66.